The van der Waals surface area contributed by atoms with Crippen LogP contribution in [0.3, 0.4) is 0 Å². The summed E-state index contributed by atoms with van der Waals surface area (Å²) in [6.45, 7) is 6.29. The Labute approximate surface area is 177 Å². The Morgan fingerprint density at radius 1 is 1.07 bits per heavy atom. The molecule has 0 heterocycles. The molecule has 0 atom stereocenters. The Morgan fingerprint density at radius 3 is 2.21 bits per heavy atom. The zero-order valence-electron chi connectivity index (χ0n) is 17.1. The molecule has 0 unspecified atom stereocenters. The Bertz CT molecular complexity index is 921. The molecule has 0 radical (unpaired) electrons. The predicted molar refractivity (Wildman–Crippen MR) is 115 cm³/mol. The zero-order valence-corrected chi connectivity index (χ0v) is 18.7. The van der Waals surface area contributed by atoms with E-state index in [2.05, 4.69) is 4.72 Å². The average Bonchev–Trinajstić information content (AvgIpc) is 2.64. The Kier molecular flexibility index (Phi) is 7.68. The standard InChI is InChI=1S/C21H27ClN2O4S/c1-21(2,3)23-29(26,27)19-12-6-16(7-13-19)20(25)24(4)14-5-15-28-18-10-8-17(22)9-11-18/h6-13,23H,5,14-15H2,1-4H3. The molecule has 0 aliphatic rings. The maximum Gasteiger partial charge on any atom is 0.253 e. The van der Waals surface area contributed by atoms with E-state index < -0.39 is 15.6 Å². The molecule has 0 bridgehead atoms. The quantitative estimate of drug-likeness (QED) is 0.633. The maximum absolute atomic E-state index is 12.5. The number of hydrogen-bond acceptors (Lipinski definition) is 4. The lowest BCUT2D eigenvalue weighted by molar-refractivity contribution is 0.0787. The number of rotatable bonds is 8. The molecule has 0 spiro atoms. The highest BCUT2D eigenvalue weighted by atomic mass is 35.5. The van der Waals surface area contributed by atoms with Gasteiger partial charge < -0.3 is 9.64 Å². The first-order valence-corrected chi connectivity index (χ1v) is 11.1. The highest BCUT2D eigenvalue weighted by Crippen LogP contribution is 2.16. The Morgan fingerprint density at radius 2 is 1.66 bits per heavy atom. The van der Waals surface area contributed by atoms with E-state index in [1.54, 1.807) is 57.0 Å². The molecule has 29 heavy (non-hydrogen) atoms. The molecular formula is C21H27ClN2O4S. The SMILES string of the molecule is CN(CCCOc1ccc(Cl)cc1)C(=O)c1ccc(S(=O)(=O)NC(C)(C)C)cc1. The minimum absolute atomic E-state index is 0.128. The van der Waals surface area contributed by atoms with Crippen LogP contribution in [0.2, 0.25) is 5.02 Å². The van der Waals surface area contributed by atoms with Gasteiger partial charge in [0.15, 0.2) is 0 Å². The third kappa shape index (κ3) is 7.34. The van der Waals surface area contributed by atoms with E-state index in [1.165, 1.54) is 24.3 Å². The van der Waals surface area contributed by atoms with Crippen molar-refractivity contribution in [3.8, 4) is 5.75 Å². The average molecular weight is 439 g/mol. The molecule has 0 fully saturated rings. The molecular weight excluding hydrogens is 412 g/mol. The van der Waals surface area contributed by atoms with Gasteiger partial charge in [-0.25, -0.2) is 13.1 Å². The van der Waals surface area contributed by atoms with Gasteiger partial charge in [-0.15, -0.1) is 0 Å². The van der Waals surface area contributed by atoms with E-state index in [4.69, 9.17) is 16.3 Å². The molecule has 0 aromatic heterocycles. The van der Waals surface area contributed by atoms with E-state index >= 15 is 0 Å². The third-order valence-electron chi connectivity index (χ3n) is 3.92. The van der Waals surface area contributed by atoms with Crippen LogP contribution >= 0.6 is 11.6 Å². The molecule has 0 aliphatic carbocycles. The van der Waals surface area contributed by atoms with Crippen molar-refractivity contribution in [1.82, 2.24) is 9.62 Å². The Hall–Kier alpha value is -2.09. The van der Waals surface area contributed by atoms with Crippen molar-refractivity contribution in [2.75, 3.05) is 20.2 Å². The second-order valence-electron chi connectivity index (χ2n) is 7.76. The second kappa shape index (κ2) is 9.61. The van der Waals surface area contributed by atoms with Crippen molar-refractivity contribution >= 4 is 27.5 Å². The smallest absolute Gasteiger partial charge is 0.253 e. The largest absolute Gasteiger partial charge is 0.494 e. The van der Waals surface area contributed by atoms with Gasteiger partial charge in [0.1, 0.15) is 5.75 Å². The van der Waals surface area contributed by atoms with Crippen LogP contribution in [0.5, 0.6) is 5.75 Å². The first-order valence-electron chi connectivity index (χ1n) is 9.26. The van der Waals surface area contributed by atoms with Crippen LogP contribution in [0, 0.1) is 0 Å². The fourth-order valence-electron chi connectivity index (χ4n) is 2.58. The summed E-state index contributed by atoms with van der Waals surface area (Å²) in [6.07, 6.45) is 0.660. The van der Waals surface area contributed by atoms with Crippen LogP contribution in [-0.4, -0.2) is 45.0 Å². The molecule has 158 valence electrons. The first kappa shape index (κ1) is 23.2. The summed E-state index contributed by atoms with van der Waals surface area (Å²) in [7, 11) is -1.92. The molecule has 2 rings (SSSR count). The number of ether oxygens (including phenoxy) is 1. The normalized spacial score (nSPS) is 11.9. The maximum atomic E-state index is 12.5. The lowest BCUT2D eigenvalue weighted by Crippen LogP contribution is -2.40. The van der Waals surface area contributed by atoms with Gasteiger partial charge in [0.2, 0.25) is 10.0 Å². The summed E-state index contributed by atoms with van der Waals surface area (Å²) < 4.78 is 32.9. The van der Waals surface area contributed by atoms with Gasteiger partial charge in [-0.05, 0) is 75.7 Å². The number of benzene rings is 2. The van der Waals surface area contributed by atoms with Gasteiger partial charge in [0.05, 0.1) is 11.5 Å². The highest BCUT2D eigenvalue weighted by Gasteiger charge is 2.22. The number of carbonyl (C=O) groups excluding carboxylic acids is 1. The van der Waals surface area contributed by atoms with Crippen LogP contribution in [0.25, 0.3) is 0 Å². The van der Waals surface area contributed by atoms with E-state index in [9.17, 15) is 13.2 Å². The molecule has 2 aromatic carbocycles. The number of halogens is 1. The molecule has 1 N–H and O–H groups in total. The number of nitrogens with one attached hydrogen (secondary N) is 1. The minimum Gasteiger partial charge on any atom is -0.494 e. The minimum atomic E-state index is -3.63. The fraction of sp³-hybridized carbons (Fsp3) is 0.381. The highest BCUT2D eigenvalue weighted by molar-refractivity contribution is 7.89. The zero-order chi connectivity index (χ0) is 21.7. The van der Waals surface area contributed by atoms with E-state index in [0.29, 0.717) is 30.2 Å². The summed E-state index contributed by atoms with van der Waals surface area (Å²) in [5, 5.41) is 0.649. The lowest BCUT2D eigenvalue weighted by Gasteiger charge is -2.20. The molecule has 0 saturated heterocycles. The Balaban J connectivity index is 1.88. The molecule has 0 saturated carbocycles. The summed E-state index contributed by atoms with van der Waals surface area (Å²) in [5.41, 5.74) is -0.150. The summed E-state index contributed by atoms with van der Waals surface area (Å²) in [4.78, 5) is 14.3. The summed E-state index contributed by atoms with van der Waals surface area (Å²) >= 11 is 5.83. The van der Waals surface area contributed by atoms with Crippen molar-refractivity contribution in [3.05, 3.63) is 59.1 Å². The van der Waals surface area contributed by atoms with Crippen molar-refractivity contribution in [3.63, 3.8) is 0 Å². The van der Waals surface area contributed by atoms with Crippen LogP contribution in [0.1, 0.15) is 37.6 Å². The third-order valence-corrected chi connectivity index (χ3v) is 5.94. The molecule has 0 aliphatic heterocycles. The number of amides is 1. The molecule has 1 amide bonds. The van der Waals surface area contributed by atoms with Gasteiger partial charge in [0, 0.05) is 29.7 Å². The van der Waals surface area contributed by atoms with Crippen LogP contribution in [0.15, 0.2) is 53.4 Å². The first-order chi connectivity index (χ1) is 13.5. The van der Waals surface area contributed by atoms with Gasteiger partial charge >= 0.3 is 0 Å². The van der Waals surface area contributed by atoms with Crippen molar-refractivity contribution in [2.24, 2.45) is 0 Å². The lowest BCUT2D eigenvalue weighted by atomic mass is 10.1. The van der Waals surface area contributed by atoms with Crippen molar-refractivity contribution in [2.45, 2.75) is 37.6 Å². The predicted octanol–water partition coefficient (Wildman–Crippen LogP) is 3.96. The van der Waals surface area contributed by atoms with Crippen LogP contribution < -0.4 is 9.46 Å². The second-order valence-corrected chi connectivity index (χ2v) is 9.88. The van der Waals surface area contributed by atoms with Crippen LogP contribution in [0.4, 0.5) is 0 Å². The summed E-state index contributed by atoms with van der Waals surface area (Å²) in [5.74, 6) is 0.549. The molecule has 8 heteroatoms. The molecule has 2 aromatic rings. The number of sulfonamides is 1. The van der Waals surface area contributed by atoms with Gasteiger partial charge in [-0.2, -0.15) is 0 Å². The van der Waals surface area contributed by atoms with Crippen molar-refractivity contribution in [1.29, 1.82) is 0 Å². The van der Waals surface area contributed by atoms with E-state index in [-0.39, 0.29) is 10.8 Å². The van der Waals surface area contributed by atoms with Crippen molar-refractivity contribution < 1.29 is 17.9 Å². The van der Waals surface area contributed by atoms with E-state index in [0.717, 1.165) is 5.75 Å². The van der Waals surface area contributed by atoms with Gasteiger partial charge in [-0.1, -0.05) is 11.6 Å². The topological polar surface area (TPSA) is 75.7 Å². The number of nitrogens with zero attached hydrogens (tertiary/aromatic N) is 1. The van der Waals surface area contributed by atoms with Crippen LogP contribution in [-0.2, 0) is 10.0 Å². The molecule has 6 nitrogen and oxygen atoms in total. The number of hydrogen-bond donors (Lipinski definition) is 1. The monoisotopic (exact) mass is 438 g/mol. The summed E-state index contributed by atoms with van der Waals surface area (Å²) in [6, 6.07) is 13.0. The van der Waals surface area contributed by atoms with Gasteiger partial charge in [0.25, 0.3) is 5.91 Å². The van der Waals surface area contributed by atoms with Gasteiger partial charge in [-0.3, -0.25) is 4.79 Å². The fourth-order valence-corrected chi connectivity index (χ4v) is 4.13. The number of carbonyl (C=O) groups is 1. The van der Waals surface area contributed by atoms with E-state index in [1.807, 2.05) is 0 Å².